The van der Waals surface area contributed by atoms with Crippen molar-refractivity contribution in [2.75, 3.05) is 36.0 Å². The second kappa shape index (κ2) is 6.39. The Hall–Kier alpha value is -2.86. The predicted octanol–water partition coefficient (Wildman–Crippen LogP) is 4.23. The maximum atomic E-state index is 13.1. The van der Waals surface area contributed by atoms with Gasteiger partial charge in [0, 0.05) is 47.8 Å². The molecule has 0 radical (unpaired) electrons. The lowest BCUT2D eigenvalue weighted by Gasteiger charge is -2.36. The minimum absolute atomic E-state index is 0.209. The van der Waals surface area contributed by atoms with Crippen molar-refractivity contribution in [1.29, 1.82) is 0 Å². The van der Waals surface area contributed by atoms with Gasteiger partial charge in [-0.1, -0.05) is 11.6 Å². The third kappa shape index (κ3) is 2.86. The van der Waals surface area contributed by atoms with Crippen LogP contribution in [0, 0.1) is 5.82 Å². The van der Waals surface area contributed by atoms with Crippen LogP contribution in [0.15, 0.2) is 48.8 Å². The molecular formula is C20H17ClFN5. The number of aromatic nitrogens is 3. The number of nitrogens with zero attached hydrogens (tertiary/aromatic N) is 4. The Morgan fingerprint density at radius 3 is 2.44 bits per heavy atom. The average Bonchev–Trinajstić information content (AvgIpc) is 3.07. The molecule has 7 heteroatoms. The van der Waals surface area contributed by atoms with Gasteiger partial charge in [0.1, 0.15) is 23.2 Å². The molecule has 0 bridgehead atoms. The number of benzene rings is 2. The molecule has 1 aliphatic rings. The minimum Gasteiger partial charge on any atom is -0.368 e. The first-order chi connectivity index (χ1) is 13.2. The van der Waals surface area contributed by atoms with Gasteiger partial charge in [-0.3, -0.25) is 0 Å². The van der Waals surface area contributed by atoms with E-state index in [-0.39, 0.29) is 5.82 Å². The summed E-state index contributed by atoms with van der Waals surface area (Å²) in [5.74, 6) is 0.700. The van der Waals surface area contributed by atoms with Crippen molar-refractivity contribution in [3.63, 3.8) is 0 Å². The zero-order valence-electron chi connectivity index (χ0n) is 14.5. The summed E-state index contributed by atoms with van der Waals surface area (Å²) >= 11 is 6.15. The van der Waals surface area contributed by atoms with Crippen molar-refractivity contribution in [1.82, 2.24) is 15.0 Å². The van der Waals surface area contributed by atoms with E-state index in [0.717, 1.165) is 59.6 Å². The van der Waals surface area contributed by atoms with Gasteiger partial charge < -0.3 is 14.8 Å². The number of aromatic amines is 1. The normalized spacial score (nSPS) is 15.0. The molecule has 0 amide bonds. The van der Waals surface area contributed by atoms with Crippen molar-refractivity contribution >= 4 is 45.0 Å². The van der Waals surface area contributed by atoms with Crippen LogP contribution in [-0.2, 0) is 0 Å². The summed E-state index contributed by atoms with van der Waals surface area (Å²) in [7, 11) is 0. The highest BCUT2D eigenvalue weighted by atomic mass is 35.5. The maximum Gasteiger partial charge on any atom is 0.156 e. The SMILES string of the molecule is Fc1ccc(N2CCN(c3ncnc4c3[nH]c3ccc(Cl)cc34)CC2)cc1. The van der Waals surface area contributed by atoms with E-state index in [1.54, 1.807) is 6.33 Å². The van der Waals surface area contributed by atoms with Crippen LogP contribution in [0.25, 0.3) is 21.9 Å². The Kier molecular flexibility index (Phi) is 3.86. The lowest BCUT2D eigenvalue weighted by molar-refractivity contribution is 0.624. The standard InChI is InChI=1S/C20H17ClFN5/c21-13-1-6-17-16(11-13)18-19(25-17)20(24-12-23-18)27-9-7-26(8-10-27)15-4-2-14(22)3-5-15/h1-6,11-12,25H,7-10H2. The van der Waals surface area contributed by atoms with E-state index in [1.807, 2.05) is 30.3 Å². The predicted molar refractivity (Wildman–Crippen MR) is 107 cm³/mol. The fraction of sp³-hybridized carbons (Fsp3) is 0.200. The Morgan fingerprint density at radius 2 is 1.67 bits per heavy atom. The molecule has 1 N–H and O–H groups in total. The molecule has 1 fully saturated rings. The van der Waals surface area contributed by atoms with E-state index in [9.17, 15) is 4.39 Å². The largest absolute Gasteiger partial charge is 0.368 e. The molecule has 0 aliphatic carbocycles. The Bertz CT molecular complexity index is 1120. The second-order valence-corrected chi connectivity index (χ2v) is 7.12. The van der Waals surface area contributed by atoms with Crippen molar-refractivity contribution in [3.8, 4) is 0 Å². The fourth-order valence-corrected chi connectivity index (χ4v) is 3.89. The summed E-state index contributed by atoms with van der Waals surface area (Å²) in [6.07, 6.45) is 1.61. The van der Waals surface area contributed by atoms with Crippen LogP contribution in [-0.4, -0.2) is 41.1 Å². The lowest BCUT2D eigenvalue weighted by Crippen LogP contribution is -2.47. The van der Waals surface area contributed by atoms with Crippen LogP contribution >= 0.6 is 11.6 Å². The third-order valence-corrected chi connectivity index (χ3v) is 5.33. The number of H-pyrrole nitrogens is 1. The Morgan fingerprint density at radius 1 is 0.926 bits per heavy atom. The smallest absolute Gasteiger partial charge is 0.156 e. The molecule has 136 valence electrons. The van der Waals surface area contributed by atoms with Crippen molar-refractivity contribution in [2.45, 2.75) is 0 Å². The van der Waals surface area contributed by atoms with Crippen molar-refractivity contribution in [2.24, 2.45) is 0 Å². The summed E-state index contributed by atoms with van der Waals surface area (Å²) < 4.78 is 13.1. The maximum absolute atomic E-state index is 13.1. The molecule has 27 heavy (non-hydrogen) atoms. The first kappa shape index (κ1) is 16.3. The summed E-state index contributed by atoms with van der Waals surface area (Å²) in [5, 5.41) is 1.70. The number of halogens is 2. The van der Waals surface area contributed by atoms with Gasteiger partial charge in [0.15, 0.2) is 5.82 Å². The summed E-state index contributed by atoms with van der Waals surface area (Å²) in [6.45, 7) is 3.37. The first-order valence-electron chi connectivity index (χ1n) is 8.86. The number of hydrogen-bond donors (Lipinski definition) is 1. The van der Waals surface area contributed by atoms with E-state index < -0.39 is 0 Å². The molecule has 5 rings (SSSR count). The Balaban J connectivity index is 1.45. The average molecular weight is 382 g/mol. The van der Waals surface area contributed by atoms with Gasteiger partial charge >= 0.3 is 0 Å². The molecule has 3 heterocycles. The van der Waals surface area contributed by atoms with Crippen LogP contribution in [0.2, 0.25) is 5.02 Å². The molecule has 2 aromatic carbocycles. The minimum atomic E-state index is -0.209. The zero-order chi connectivity index (χ0) is 18.4. The van der Waals surface area contributed by atoms with Crippen LogP contribution in [0.4, 0.5) is 15.9 Å². The summed E-state index contributed by atoms with van der Waals surface area (Å²) in [5.41, 5.74) is 3.87. The highest BCUT2D eigenvalue weighted by molar-refractivity contribution is 6.31. The van der Waals surface area contributed by atoms with Crippen molar-refractivity contribution < 1.29 is 4.39 Å². The topological polar surface area (TPSA) is 48.1 Å². The lowest BCUT2D eigenvalue weighted by atomic mass is 10.2. The molecule has 2 aromatic heterocycles. The summed E-state index contributed by atoms with van der Waals surface area (Å²) in [4.78, 5) is 17.0. The molecule has 0 unspecified atom stereocenters. The molecule has 1 saturated heterocycles. The molecule has 1 aliphatic heterocycles. The fourth-order valence-electron chi connectivity index (χ4n) is 3.72. The van der Waals surface area contributed by atoms with Crippen LogP contribution in [0.3, 0.4) is 0 Å². The van der Waals surface area contributed by atoms with E-state index in [0.29, 0.717) is 5.02 Å². The number of piperazine rings is 1. The monoisotopic (exact) mass is 381 g/mol. The number of fused-ring (bicyclic) bond motifs is 3. The van der Waals surface area contributed by atoms with Gasteiger partial charge in [-0.05, 0) is 42.5 Å². The number of anilines is 2. The van der Waals surface area contributed by atoms with Crippen molar-refractivity contribution in [3.05, 3.63) is 59.6 Å². The number of hydrogen-bond acceptors (Lipinski definition) is 4. The Labute approximate surface area is 160 Å². The van der Waals surface area contributed by atoms with Crippen LogP contribution in [0.1, 0.15) is 0 Å². The van der Waals surface area contributed by atoms with Gasteiger partial charge in [0.05, 0.1) is 0 Å². The highest BCUT2D eigenvalue weighted by Gasteiger charge is 2.21. The van der Waals surface area contributed by atoms with Crippen LogP contribution < -0.4 is 9.80 Å². The molecule has 0 spiro atoms. The van der Waals surface area contributed by atoms with Gasteiger partial charge in [-0.2, -0.15) is 0 Å². The van der Waals surface area contributed by atoms with Gasteiger partial charge in [0.2, 0.25) is 0 Å². The molecule has 5 nitrogen and oxygen atoms in total. The van der Waals surface area contributed by atoms with Gasteiger partial charge in [0.25, 0.3) is 0 Å². The molecule has 0 atom stereocenters. The van der Waals surface area contributed by atoms with E-state index in [2.05, 4.69) is 24.8 Å². The zero-order valence-corrected chi connectivity index (χ0v) is 15.2. The van der Waals surface area contributed by atoms with E-state index in [4.69, 9.17) is 11.6 Å². The van der Waals surface area contributed by atoms with Gasteiger partial charge in [-0.25, -0.2) is 14.4 Å². The molecule has 4 aromatic rings. The van der Waals surface area contributed by atoms with Gasteiger partial charge in [-0.15, -0.1) is 0 Å². The first-order valence-corrected chi connectivity index (χ1v) is 9.24. The summed E-state index contributed by atoms with van der Waals surface area (Å²) in [6, 6.07) is 12.4. The van der Waals surface area contributed by atoms with Crippen LogP contribution in [0.5, 0.6) is 0 Å². The molecule has 0 saturated carbocycles. The number of rotatable bonds is 2. The van der Waals surface area contributed by atoms with E-state index in [1.165, 1.54) is 12.1 Å². The molecular weight excluding hydrogens is 365 g/mol. The quantitative estimate of drug-likeness (QED) is 0.564. The van der Waals surface area contributed by atoms with E-state index >= 15 is 0 Å². The number of nitrogens with one attached hydrogen (secondary N) is 1. The highest BCUT2D eigenvalue weighted by Crippen LogP contribution is 2.31. The second-order valence-electron chi connectivity index (χ2n) is 6.69. The third-order valence-electron chi connectivity index (χ3n) is 5.09.